The number of halogens is 4. The summed E-state index contributed by atoms with van der Waals surface area (Å²) in [5, 5.41) is 12.2. The molecule has 2 rings (SSSR count). The molecule has 1 saturated carbocycles. The Bertz CT molecular complexity index is 539. The molecule has 0 saturated heterocycles. The van der Waals surface area contributed by atoms with E-state index in [4.69, 9.17) is 0 Å². The summed E-state index contributed by atoms with van der Waals surface area (Å²) < 4.78 is 53.9. The van der Waals surface area contributed by atoms with Crippen molar-refractivity contribution < 1.29 is 32.2 Å². The topological polar surface area (TPSA) is 71.5 Å². The number of aliphatic hydroxyl groups excluding tert-OH is 1. The van der Waals surface area contributed by atoms with Crippen LogP contribution in [-0.4, -0.2) is 41.1 Å². The van der Waals surface area contributed by atoms with Crippen molar-refractivity contribution in [3.8, 4) is 5.88 Å². The highest BCUT2D eigenvalue weighted by Gasteiger charge is 2.41. The number of hydrogen-bond acceptors (Lipinski definition) is 4. The second-order valence-corrected chi connectivity index (χ2v) is 5.33. The molecule has 1 amide bonds. The highest BCUT2D eigenvalue weighted by Crippen LogP contribution is 2.27. The standard InChI is InChI=1S/C14H16F4N2O3/c15-13(16)14(17,18)7-23-11-5-4-8(6-19-11)20-12(22)9-2-1-3-10(9)21/h4-6,9-10,13,21H,1-3,7H2,(H,20,22). The van der Waals surface area contributed by atoms with E-state index in [0.717, 1.165) is 12.6 Å². The van der Waals surface area contributed by atoms with Gasteiger partial charge in [0.25, 0.3) is 0 Å². The van der Waals surface area contributed by atoms with Gasteiger partial charge in [0.05, 0.1) is 23.9 Å². The van der Waals surface area contributed by atoms with Crippen molar-refractivity contribution in [1.29, 1.82) is 0 Å². The van der Waals surface area contributed by atoms with Gasteiger partial charge in [0.15, 0.2) is 6.61 Å². The molecule has 2 atom stereocenters. The van der Waals surface area contributed by atoms with Gasteiger partial charge in [0.1, 0.15) is 0 Å². The Balaban J connectivity index is 1.88. The van der Waals surface area contributed by atoms with Crippen molar-refractivity contribution in [3.05, 3.63) is 18.3 Å². The smallest absolute Gasteiger partial charge is 0.340 e. The van der Waals surface area contributed by atoms with Crippen LogP contribution in [0.4, 0.5) is 23.2 Å². The van der Waals surface area contributed by atoms with E-state index < -0.39 is 31.0 Å². The number of rotatable bonds is 6. The maximum absolute atomic E-state index is 12.7. The number of alkyl halides is 4. The molecule has 0 aliphatic heterocycles. The molecule has 2 N–H and O–H groups in total. The first-order valence-corrected chi connectivity index (χ1v) is 7.03. The normalized spacial score (nSPS) is 21.5. The maximum Gasteiger partial charge on any atom is 0.340 e. The molecule has 0 bridgehead atoms. The van der Waals surface area contributed by atoms with Gasteiger partial charge in [-0.3, -0.25) is 4.79 Å². The Hall–Kier alpha value is -1.90. The van der Waals surface area contributed by atoms with Gasteiger partial charge in [-0.1, -0.05) is 0 Å². The van der Waals surface area contributed by atoms with Gasteiger partial charge in [-0.25, -0.2) is 13.8 Å². The summed E-state index contributed by atoms with van der Waals surface area (Å²) >= 11 is 0. The molecule has 1 aromatic rings. The second kappa shape index (κ2) is 7.12. The van der Waals surface area contributed by atoms with Crippen molar-refractivity contribution in [3.63, 3.8) is 0 Å². The van der Waals surface area contributed by atoms with Crippen LogP contribution in [0, 0.1) is 5.92 Å². The Morgan fingerprint density at radius 3 is 2.70 bits per heavy atom. The van der Waals surface area contributed by atoms with Crippen LogP contribution in [0.25, 0.3) is 0 Å². The van der Waals surface area contributed by atoms with E-state index >= 15 is 0 Å². The van der Waals surface area contributed by atoms with Crippen LogP contribution in [0.2, 0.25) is 0 Å². The highest BCUT2D eigenvalue weighted by atomic mass is 19.3. The zero-order valence-electron chi connectivity index (χ0n) is 12.0. The zero-order chi connectivity index (χ0) is 17.0. The van der Waals surface area contributed by atoms with Crippen molar-refractivity contribution in [2.75, 3.05) is 11.9 Å². The van der Waals surface area contributed by atoms with Gasteiger partial charge in [-0.05, 0) is 25.3 Å². The van der Waals surface area contributed by atoms with E-state index in [-0.39, 0.29) is 11.8 Å². The third-order valence-electron chi connectivity index (χ3n) is 3.55. The zero-order valence-corrected chi connectivity index (χ0v) is 12.0. The van der Waals surface area contributed by atoms with Gasteiger partial charge < -0.3 is 15.2 Å². The van der Waals surface area contributed by atoms with Crippen LogP contribution < -0.4 is 10.1 Å². The quantitative estimate of drug-likeness (QED) is 0.783. The van der Waals surface area contributed by atoms with E-state index in [0.29, 0.717) is 18.5 Å². The number of nitrogens with zero attached hydrogens (tertiary/aromatic N) is 1. The van der Waals surface area contributed by atoms with Crippen molar-refractivity contribution in [1.82, 2.24) is 4.98 Å². The number of anilines is 1. The van der Waals surface area contributed by atoms with Crippen molar-refractivity contribution in [2.45, 2.75) is 37.7 Å². The Kier molecular flexibility index (Phi) is 5.40. The molecular weight excluding hydrogens is 320 g/mol. The molecule has 128 valence electrons. The molecule has 0 radical (unpaired) electrons. The largest absolute Gasteiger partial charge is 0.471 e. The maximum atomic E-state index is 12.7. The Labute approximate surface area is 129 Å². The van der Waals surface area contributed by atoms with Crippen LogP contribution in [0.1, 0.15) is 19.3 Å². The summed E-state index contributed by atoms with van der Waals surface area (Å²) in [5.41, 5.74) is 0.294. The predicted octanol–water partition coefficient (Wildman–Crippen LogP) is 2.46. The summed E-state index contributed by atoms with van der Waals surface area (Å²) in [6.07, 6.45) is -1.41. The number of pyridine rings is 1. The third-order valence-corrected chi connectivity index (χ3v) is 3.55. The number of carbonyl (C=O) groups is 1. The predicted molar refractivity (Wildman–Crippen MR) is 72.7 cm³/mol. The highest BCUT2D eigenvalue weighted by molar-refractivity contribution is 5.92. The number of amides is 1. The molecule has 1 aromatic heterocycles. The minimum atomic E-state index is -4.26. The fraction of sp³-hybridized carbons (Fsp3) is 0.571. The van der Waals surface area contributed by atoms with Crippen molar-refractivity contribution in [2.24, 2.45) is 5.92 Å². The first kappa shape index (κ1) is 17.5. The lowest BCUT2D eigenvalue weighted by atomic mass is 10.1. The van der Waals surface area contributed by atoms with Gasteiger partial charge >= 0.3 is 12.3 Å². The molecule has 23 heavy (non-hydrogen) atoms. The SMILES string of the molecule is O=C(Nc1ccc(OCC(F)(F)C(F)F)nc1)C1CCCC1O. The monoisotopic (exact) mass is 336 g/mol. The molecule has 0 spiro atoms. The third kappa shape index (κ3) is 4.54. The van der Waals surface area contributed by atoms with Gasteiger partial charge in [-0.15, -0.1) is 0 Å². The van der Waals surface area contributed by atoms with Gasteiger partial charge in [0.2, 0.25) is 11.8 Å². The minimum absolute atomic E-state index is 0.260. The lowest BCUT2D eigenvalue weighted by molar-refractivity contribution is -0.148. The van der Waals surface area contributed by atoms with Crippen LogP contribution in [-0.2, 0) is 4.79 Å². The molecule has 1 aliphatic carbocycles. The van der Waals surface area contributed by atoms with Gasteiger partial charge in [0, 0.05) is 6.07 Å². The summed E-state index contributed by atoms with van der Waals surface area (Å²) in [5.74, 6) is -5.36. The van der Waals surface area contributed by atoms with Gasteiger partial charge in [-0.2, -0.15) is 8.78 Å². The first-order valence-electron chi connectivity index (χ1n) is 7.03. The molecule has 0 aromatic carbocycles. The Morgan fingerprint density at radius 1 is 1.43 bits per heavy atom. The minimum Gasteiger partial charge on any atom is -0.471 e. The molecule has 1 aliphatic rings. The molecule has 5 nitrogen and oxygen atoms in total. The van der Waals surface area contributed by atoms with E-state index in [1.165, 1.54) is 12.1 Å². The number of nitrogens with one attached hydrogen (secondary N) is 1. The van der Waals surface area contributed by atoms with Crippen LogP contribution in [0.15, 0.2) is 18.3 Å². The summed E-state index contributed by atoms with van der Waals surface area (Å²) in [6, 6.07) is 2.53. The number of ether oxygens (including phenoxy) is 1. The fourth-order valence-corrected chi connectivity index (χ4v) is 2.25. The van der Waals surface area contributed by atoms with E-state index in [2.05, 4.69) is 15.0 Å². The fourth-order valence-electron chi connectivity index (χ4n) is 2.25. The average molecular weight is 336 g/mol. The molecule has 1 fully saturated rings. The first-order chi connectivity index (χ1) is 10.8. The summed E-state index contributed by atoms with van der Waals surface area (Å²) in [7, 11) is 0. The number of carbonyl (C=O) groups excluding carboxylic acids is 1. The van der Waals surface area contributed by atoms with E-state index in [1.807, 2.05) is 0 Å². The molecule has 1 heterocycles. The Morgan fingerprint density at radius 2 is 2.17 bits per heavy atom. The number of hydrogen-bond donors (Lipinski definition) is 2. The molecular formula is C14H16F4N2O3. The second-order valence-electron chi connectivity index (χ2n) is 5.33. The lowest BCUT2D eigenvalue weighted by Gasteiger charge is -2.16. The summed E-state index contributed by atoms with van der Waals surface area (Å²) in [4.78, 5) is 15.6. The number of aliphatic hydroxyl groups is 1. The van der Waals surface area contributed by atoms with Crippen LogP contribution in [0.5, 0.6) is 5.88 Å². The van der Waals surface area contributed by atoms with Crippen LogP contribution >= 0.6 is 0 Å². The van der Waals surface area contributed by atoms with E-state index in [1.54, 1.807) is 0 Å². The average Bonchev–Trinajstić information content (AvgIpc) is 2.92. The summed E-state index contributed by atoms with van der Waals surface area (Å²) in [6.45, 7) is -1.49. The lowest BCUT2D eigenvalue weighted by Crippen LogP contribution is -2.33. The number of aromatic nitrogens is 1. The molecule has 2 unspecified atom stereocenters. The van der Waals surface area contributed by atoms with E-state index in [9.17, 15) is 27.5 Å². The molecule has 9 heteroatoms. The van der Waals surface area contributed by atoms with Crippen molar-refractivity contribution >= 4 is 11.6 Å². The van der Waals surface area contributed by atoms with Crippen LogP contribution in [0.3, 0.4) is 0 Å².